The van der Waals surface area contributed by atoms with E-state index >= 15 is 0 Å². The zero-order valence-corrected chi connectivity index (χ0v) is 10.8. The third-order valence-corrected chi connectivity index (χ3v) is 1.88. The van der Waals surface area contributed by atoms with E-state index in [0.29, 0.717) is 0 Å². The first-order chi connectivity index (χ1) is 7.97. The molecule has 0 bridgehead atoms. The van der Waals surface area contributed by atoms with E-state index in [1.807, 2.05) is 6.92 Å². The molecule has 0 aromatic carbocycles. The molecular formula is C11H20N2O4. The predicted octanol–water partition coefficient (Wildman–Crippen LogP) is 1.70. The zero-order valence-electron chi connectivity index (χ0n) is 10.8. The molecule has 0 aliphatic carbocycles. The molecule has 0 rings (SSSR count). The van der Waals surface area contributed by atoms with E-state index in [9.17, 15) is 9.59 Å². The zero-order chi connectivity index (χ0) is 13.3. The number of esters is 1. The lowest BCUT2D eigenvalue weighted by Crippen LogP contribution is -2.28. The van der Waals surface area contributed by atoms with Gasteiger partial charge < -0.3 is 10.1 Å². The van der Waals surface area contributed by atoms with Gasteiger partial charge in [-0.15, -0.1) is 0 Å². The molecule has 0 spiro atoms. The van der Waals surface area contributed by atoms with Crippen molar-refractivity contribution in [1.29, 1.82) is 0 Å². The van der Waals surface area contributed by atoms with Crippen molar-refractivity contribution in [1.82, 2.24) is 5.32 Å². The largest absolute Gasteiger partial charge is 0.464 e. The van der Waals surface area contributed by atoms with Crippen LogP contribution in [0.2, 0.25) is 0 Å². The minimum Gasteiger partial charge on any atom is -0.464 e. The summed E-state index contributed by atoms with van der Waals surface area (Å²) in [6, 6.07) is 0. The van der Waals surface area contributed by atoms with Gasteiger partial charge in [-0.3, -0.25) is 9.63 Å². The van der Waals surface area contributed by atoms with Crippen LogP contribution in [0.25, 0.3) is 0 Å². The third kappa shape index (κ3) is 8.24. The Balaban J connectivity index is 3.62. The summed E-state index contributed by atoms with van der Waals surface area (Å²) >= 11 is 0. The summed E-state index contributed by atoms with van der Waals surface area (Å²) in [5.41, 5.74) is 0.728. The first-order valence-electron chi connectivity index (χ1n) is 5.62. The molecule has 0 heterocycles. The quantitative estimate of drug-likeness (QED) is 0.253. The summed E-state index contributed by atoms with van der Waals surface area (Å²) in [7, 11) is 0. The minimum atomic E-state index is -0.654. The molecule has 17 heavy (non-hydrogen) atoms. The van der Waals surface area contributed by atoms with Gasteiger partial charge in [0, 0.05) is 0 Å². The Bertz CT molecular complexity index is 287. The summed E-state index contributed by atoms with van der Waals surface area (Å²) < 4.78 is 4.86. The van der Waals surface area contributed by atoms with E-state index in [-0.39, 0.29) is 25.0 Å². The number of carbonyl (C=O) groups excluding carboxylic acids is 2. The molecule has 0 radical (unpaired) electrons. The van der Waals surface area contributed by atoms with Crippen LogP contribution in [0.4, 0.5) is 4.79 Å². The van der Waals surface area contributed by atoms with Crippen molar-refractivity contribution in [2.45, 2.75) is 34.1 Å². The van der Waals surface area contributed by atoms with Crippen molar-refractivity contribution in [2.24, 2.45) is 11.1 Å². The van der Waals surface area contributed by atoms with Crippen LogP contribution in [-0.4, -0.2) is 30.9 Å². The molecule has 0 aromatic rings. The summed E-state index contributed by atoms with van der Waals surface area (Å²) in [5, 5.41) is 5.99. The van der Waals surface area contributed by atoms with E-state index in [1.165, 1.54) is 0 Å². The number of rotatable bonds is 6. The predicted molar refractivity (Wildman–Crippen MR) is 63.7 cm³/mol. The fourth-order valence-corrected chi connectivity index (χ4v) is 0.688. The van der Waals surface area contributed by atoms with Gasteiger partial charge in [-0.1, -0.05) is 25.9 Å². The number of carbonyl (C=O) groups is 2. The number of amides is 1. The SMILES string of the molecule is CC/C(C)=N/OC(=O)NCCOC(=O)C(C)C. The van der Waals surface area contributed by atoms with Gasteiger partial charge in [-0.25, -0.2) is 4.79 Å². The maximum atomic E-state index is 11.1. The number of nitrogens with one attached hydrogen (secondary N) is 1. The summed E-state index contributed by atoms with van der Waals surface area (Å²) in [6.07, 6.45) is 0.0672. The second kappa shape index (κ2) is 8.55. The van der Waals surface area contributed by atoms with Gasteiger partial charge in [0.2, 0.25) is 0 Å². The highest BCUT2D eigenvalue weighted by atomic mass is 16.7. The molecule has 0 aromatic heterocycles. The molecule has 0 aliphatic rings. The van der Waals surface area contributed by atoms with Gasteiger partial charge in [0.05, 0.1) is 18.2 Å². The average molecular weight is 244 g/mol. The number of ether oxygens (including phenoxy) is 1. The lowest BCUT2D eigenvalue weighted by Gasteiger charge is -2.07. The van der Waals surface area contributed by atoms with Crippen LogP contribution >= 0.6 is 0 Å². The minimum absolute atomic E-state index is 0.128. The van der Waals surface area contributed by atoms with Crippen LogP contribution in [0.15, 0.2) is 5.16 Å². The number of hydrogen-bond donors (Lipinski definition) is 1. The van der Waals surface area contributed by atoms with Crippen LogP contribution in [0.3, 0.4) is 0 Å². The molecule has 0 atom stereocenters. The van der Waals surface area contributed by atoms with Gasteiger partial charge in [0.25, 0.3) is 0 Å². The smallest absolute Gasteiger partial charge is 0.433 e. The van der Waals surface area contributed by atoms with E-state index < -0.39 is 6.09 Å². The van der Waals surface area contributed by atoms with Crippen molar-refractivity contribution in [3.8, 4) is 0 Å². The Morgan fingerprint density at radius 1 is 1.35 bits per heavy atom. The lowest BCUT2D eigenvalue weighted by molar-refractivity contribution is -0.147. The summed E-state index contributed by atoms with van der Waals surface area (Å²) in [6.45, 7) is 7.49. The molecular weight excluding hydrogens is 224 g/mol. The molecule has 6 heteroatoms. The van der Waals surface area contributed by atoms with E-state index in [4.69, 9.17) is 4.74 Å². The molecule has 98 valence electrons. The van der Waals surface area contributed by atoms with Gasteiger partial charge in [-0.05, 0) is 13.3 Å². The monoisotopic (exact) mass is 244 g/mol. The first kappa shape index (κ1) is 15.4. The Morgan fingerprint density at radius 2 is 2.00 bits per heavy atom. The first-order valence-corrected chi connectivity index (χ1v) is 5.62. The summed E-state index contributed by atoms with van der Waals surface area (Å²) in [4.78, 5) is 26.7. The van der Waals surface area contributed by atoms with Gasteiger partial charge in [0.15, 0.2) is 0 Å². The molecule has 0 saturated heterocycles. The molecule has 0 unspecified atom stereocenters. The highest BCUT2D eigenvalue weighted by Crippen LogP contribution is 1.94. The number of oxime groups is 1. The second-order valence-electron chi connectivity index (χ2n) is 3.81. The van der Waals surface area contributed by atoms with Crippen LogP contribution in [-0.2, 0) is 14.4 Å². The fraction of sp³-hybridized carbons (Fsp3) is 0.727. The number of hydrogen-bond acceptors (Lipinski definition) is 5. The molecule has 6 nitrogen and oxygen atoms in total. The third-order valence-electron chi connectivity index (χ3n) is 1.88. The Morgan fingerprint density at radius 3 is 2.53 bits per heavy atom. The van der Waals surface area contributed by atoms with Crippen LogP contribution in [0, 0.1) is 5.92 Å². The second-order valence-corrected chi connectivity index (χ2v) is 3.81. The Kier molecular flexibility index (Phi) is 7.75. The van der Waals surface area contributed by atoms with Crippen molar-refractivity contribution >= 4 is 17.8 Å². The van der Waals surface area contributed by atoms with Gasteiger partial charge in [0.1, 0.15) is 6.61 Å². The van der Waals surface area contributed by atoms with Crippen LogP contribution in [0.1, 0.15) is 34.1 Å². The van der Waals surface area contributed by atoms with Gasteiger partial charge in [-0.2, -0.15) is 0 Å². The topological polar surface area (TPSA) is 77.0 Å². The highest BCUT2D eigenvalue weighted by molar-refractivity contribution is 5.81. The maximum absolute atomic E-state index is 11.1. The lowest BCUT2D eigenvalue weighted by atomic mass is 10.2. The van der Waals surface area contributed by atoms with Crippen LogP contribution in [0.5, 0.6) is 0 Å². The molecule has 1 amide bonds. The van der Waals surface area contributed by atoms with Crippen molar-refractivity contribution in [3.05, 3.63) is 0 Å². The molecule has 1 N–H and O–H groups in total. The standard InChI is InChI=1S/C11H20N2O4/c1-5-9(4)13-17-11(15)12-6-7-16-10(14)8(2)3/h8H,5-7H2,1-4H3,(H,12,15)/b13-9+. The van der Waals surface area contributed by atoms with Crippen molar-refractivity contribution < 1.29 is 19.2 Å². The van der Waals surface area contributed by atoms with Crippen molar-refractivity contribution in [2.75, 3.05) is 13.2 Å². The Labute approximate surface area is 101 Å². The van der Waals surface area contributed by atoms with Crippen LogP contribution < -0.4 is 5.32 Å². The van der Waals surface area contributed by atoms with Crippen molar-refractivity contribution in [3.63, 3.8) is 0 Å². The van der Waals surface area contributed by atoms with Gasteiger partial charge >= 0.3 is 12.1 Å². The molecule has 0 fully saturated rings. The fourth-order valence-electron chi connectivity index (χ4n) is 0.688. The summed E-state index contributed by atoms with van der Waals surface area (Å²) in [5.74, 6) is -0.459. The van der Waals surface area contributed by atoms with E-state index in [0.717, 1.165) is 12.1 Å². The maximum Gasteiger partial charge on any atom is 0.433 e. The number of nitrogens with zero attached hydrogens (tertiary/aromatic N) is 1. The van der Waals surface area contributed by atoms with E-state index in [2.05, 4.69) is 15.3 Å². The normalized spacial score (nSPS) is 11.2. The molecule has 0 aliphatic heterocycles. The Hall–Kier alpha value is -1.59. The van der Waals surface area contributed by atoms with E-state index in [1.54, 1.807) is 20.8 Å². The molecule has 0 saturated carbocycles. The average Bonchev–Trinajstić information content (AvgIpc) is 2.30. The highest BCUT2D eigenvalue weighted by Gasteiger charge is 2.08.